The van der Waals surface area contributed by atoms with Gasteiger partial charge in [0.25, 0.3) is 0 Å². The first-order valence-corrected chi connectivity index (χ1v) is 7.20. The third-order valence-corrected chi connectivity index (χ3v) is 3.40. The van der Waals surface area contributed by atoms with Crippen LogP contribution in [0.15, 0.2) is 36.5 Å². The Labute approximate surface area is 134 Å². The second-order valence-corrected chi connectivity index (χ2v) is 6.33. The number of anilines is 2. The summed E-state index contributed by atoms with van der Waals surface area (Å²) in [5.74, 6) is -0.0716. The molecule has 0 aliphatic heterocycles. The Morgan fingerprint density at radius 3 is 2.52 bits per heavy atom. The summed E-state index contributed by atoms with van der Waals surface area (Å²) in [6.07, 6.45) is 0.816. The van der Waals surface area contributed by atoms with Crippen molar-refractivity contribution in [3.63, 3.8) is 0 Å². The highest BCUT2D eigenvalue weighted by Gasteiger charge is 2.28. The zero-order chi connectivity index (χ0) is 17.2. The van der Waals surface area contributed by atoms with Crippen molar-refractivity contribution in [3.05, 3.63) is 53.5 Å². The molecule has 0 radical (unpaired) electrons. The average Bonchev–Trinajstić information content (AvgIpc) is 2.40. The van der Waals surface area contributed by atoms with E-state index in [1.54, 1.807) is 51.2 Å². The van der Waals surface area contributed by atoms with Crippen LogP contribution in [0.1, 0.15) is 31.9 Å². The van der Waals surface area contributed by atoms with Crippen molar-refractivity contribution < 1.29 is 14.3 Å². The van der Waals surface area contributed by atoms with Crippen molar-refractivity contribution >= 4 is 17.6 Å². The SMILES string of the molecule is CC(C)(C)N(C(=O)O)c1ccc(Cc2ccnc(N)c2)c(F)c1. The maximum atomic E-state index is 14.4. The van der Waals surface area contributed by atoms with Crippen molar-refractivity contribution in [2.24, 2.45) is 0 Å². The van der Waals surface area contributed by atoms with E-state index in [0.29, 0.717) is 23.5 Å². The van der Waals surface area contributed by atoms with Crippen LogP contribution in [0, 0.1) is 5.82 Å². The Morgan fingerprint density at radius 1 is 1.30 bits per heavy atom. The summed E-state index contributed by atoms with van der Waals surface area (Å²) in [5.41, 5.74) is 6.57. The number of hydrogen-bond donors (Lipinski definition) is 2. The molecular weight excluding hydrogens is 297 g/mol. The zero-order valence-electron chi connectivity index (χ0n) is 13.4. The first kappa shape index (κ1) is 16.7. The largest absolute Gasteiger partial charge is 0.465 e. The predicted octanol–water partition coefficient (Wildman–Crippen LogP) is 3.68. The molecule has 1 heterocycles. The van der Waals surface area contributed by atoms with E-state index in [-0.39, 0.29) is 0 Å². The third kappa shape index (κ3) is 3.97. The smallest absolute Gasteiger partial charge is 0.412 e. The summed E-state index contributed by atoms with van der Waals surface area (Å²) >= 11 is 0. The Hall–Kier alpha value is -2.63. The Morgan fingerprint density at radius 2 is 2.00 bits per heavy atom. The van der Waals surface area contributed by atoms with Gasteiger partial charge in [-0.25, -0.2) is 14.2 Å². The van der Waals surface area contributed by atoms with Crippen LogP contribution >= 0.6 is 0 Å². The topological polar surface area (TPSA) is 79.5 Å². The van der Waals surface area contributed by atoms with Crippen molar-refractivity contribution in [1.82, 2.24) is 4.98 Å². The maximum Gasteiger partial charge on any atom is 0.412 e. The number of carboxylic acid groups (broad SMARTS) is 1. The van der Waals surface area contributed by atoms with Crippen LogP contribution in [0.3, 0.4) is 0 Å². The molecule has 23 heavy (non-hydrogen) atoms. The van der Waals surface area contributed by atoms with Crippen LogP contribution in [0.4, 0.5) is 20.7 Å². The van der Waals surface area contributed by atoms with E-state index in [1.807, 2.05) is 0 Å². The van der Waals surface area contributed by atoms with Gasteiger partial charge in [0.2, 0.25) is 0 Å². The van der Waals surface area contributed by atoms with E-state index >= 15 is 0 Å². The number of pyridine rings is 1. The molecule has 0 saturated carbocycles. The second kappa shape index (κ2) is 6.24. The monoisotopic (exact) mass is 317 g/mol. The molecule has 0 saturated heterocycles. The molecule has 1 amide bonds. The molecule has 1 aromatic heterocycles. The number of nitrogens with two attached hydrogens (primary N) is 1. The van der Waals surface area contributed by atoms with E-state index in [2.05, 4.69) is 4.98 Å². The molecule has 0 aliphatic carbocycles. The molecule has 0 atom stereocenters. The fourth-order valence-corrected chi connectivity index (χ4v) is 2.43. The summed E-state index contributed by atoms with van der Waals surface area (Å²) in [4.78, 5) is 16.5. The minimum absolute atomic E-state index is 0.306. The quantitative estimate of drug-likeness (QED) is 0.905. The molecule has 0 unspecified atom stereocenters. The lowest BCUT2D eigenvalue weighted by Gasteiger charge is -2.33. The van der Waals surface area contributed by atoms with Gasteiger partial charge in [0.1, 0.15) is 11.6 Å². The Balaban J connectivity index is 2.32. The van der Waals surface area contributed by atoms with E-state index in [9.17, 15) is 14.3 Å². The number of aromatic nitrogens is 1. The number of hydrogen-bond acceptors (Lipinski definition) is 3. The van der Waals surface area contributed by atoms with Gasteiger partial charge in [0.05, 0.1) is 5.69 Å². The molecule has 2 rings (SSSR count). The van der Waals surface area contributed by atoms with Crippen molar-refractivity contribution in [3.8, 4) is 0 Å². The maximum absolute atomic E-state index is 14.4. The predicted molar refractivity (Wildman–Crippen MR) is 88.1 cm³/mol. The summed E-state index contributed by atoms with van der Waals surface area (Å²) in [5, 5.41) is 9.37. The lowest BCUT2D eigenvalue weighted by Crippen LogP contribution is -2.45. The van der Waals surface area contributed by atoms with Gasteiger partial charge in [-0.2, -0.15) is 0 Å². The minimum atomic E-state index is -1.12. The second-order valence-electron chi connectivity index (χ2n) is 6.33. The normalized spacial score (nSPS) is 11.3. The fraction of sp³-hybridized carbons (Fsp3) is 0.294. The highest BCUT2D eigenvalue weighted by molar-refractivity contribution is 5.87. The number of nitrogens with zero attached hydrogens (tertiary/aromatic N) is 2. The number of carbonyl (C=O) groups is 1. The van der Waals surface area contributed by atoms with Crippen molar-refractivity contribution in [1.29, 1.82) is 0 Å². The van der Waals surface area contributed by atoms with E-state index in [4.69, 9.17) is 5.73 Å². The summed E-state index contributed by atoms with van der Waals surface area (Å²) < 4.78 is 14.4. The van der Waals surface area contributed by atoms with Gasteiger partial charge >= 0.3 is 6.09 Å². The number of nitrogen functional groups attached to an aromatic ring is 1. The minimum Gasteiger partial charge on any atom is -0.465 e. The lowest BCUT2D eigenvalue weighted by molar-refractivity contribution is 0.195. The average molecular weight is 317 g/mol. The van der Waals surface area contributed by atoms with Gasteiger partial charge in [-0.1, -0.05) is 6.07 Å². The molecule has 6 heteroatoms. The number of halogens is 1. The van der Waals surface area contributed by atoms with Crippen LogP contribution in [-0.2, 0) is 6.42 Å². The number of benzene rings is 1. The van der Waals surface area contributed by atoms with Gasteiger partial charge in [-0.3, -0.25) is 4.90 Å². The summed E-state index contributed by atoms with van der Waals surface area (Å²) in [6, 6.07) is 7.92. The van der Waals surface area contributed by atoms with Crippen LogP contribution in [0.25, 0.3) is 0 Å². The van der Waals surface area contributed by atoms with Gasteiger partial charge in [-0.05, 0) is 56.2 Å². The van der Waals surface area contributed by atoms with Crippen molar-refractivity contribution in [2.45, 2.75) is 32.7 Å². The molecule has 3 N–H and O–H groups in total. The van der Waals surface area contributed by atoms with E-state index in [0.717, 1.165) is 10.5 Å². The van der Waals surface area contributed by atoms with Crippen LogP contribution in [0.5, 0.6) is 0 Å². The molecule has 0 bridgehead atoms. The Kier molecular flexibility index (Phi) is 4.54. The van der Waals surface area contributed by atoms with E-state index in [1.165, 1.54) is 6.07 Å². The molecule has 0 fully saturated rings. The highest BCUT2D eigenvalue weighted by atomic mass is 19.1. The molecule has 0 aliphatic rings. The highest BCUT2D eigenvalue weighted by Crippen LogP contribution is 2.27. The zero-order valence-corrected chi connectivity index (χ0v) is 13.4. The standard InChI is InChI=1S/C17H20FN3O2/c1-17(2,3)21(16(22)23)13-5-4-12(14(18)10-13)8-11-6-7-20-15(19)9-11/h4-7,9-10H,8H2,1-3H3,(H2,19,20)(H,22,23). The van der Waals surface area contributed by atoms with Gasteiger partial charge in [-0.15, -0.1) is 0 Å². The van der Waals surface area contributed by atoms with Crippen LogP contribution in [-0.4, -0.2) is 21.7 Å². The van der Waals surface area contributed by atoms with Crippen LogP contribution in [0.2, 0.25) is 0 Å². The summed E-state index contributed by atoms with van der Waals surface area (Å²) in [7, 11) is 0. The third-order valence-electron chi connectivity index (χ3n) is 3.40. The fourth-order valence-electron chi connectivity index (χ4n) is 2.43. The molecule has 1 aromatic carbocycles. The summed E-state index contributed by atoms with van der Waals surface area (Å²) in [6.45, 7) is 5.27. The van der Waals surface area contributed by atoms with Crippen molar-refractivity contribution in [2.75, 3.05) is 10.6 Å². The molecule has 5 nitrogen and oxygen atoms in total. The first-order chi connectivity index (χ1) is 10.7. The lowest BCUT2D eigenvalue weighted by atomic mass is 10.0. The first-order valence-electron chi connectivity index (χ1n) is 7.20. The van der Waals surface area contributed by atoms with Crippen LogP contribution < -0.4 is 10.6 Å². The number of amides is 1. The molecule has 0 spiro atoms. The van der Waals surface area contributed by atoms with Gasteiger partial charge in [0.15, 0.2) is 0 Å². The molecule has 2 aromatic rings. The van der Waals surface area contributed by atoms with Gasteiger partial charge < -0.3 is 10.8 Å². The Bertz CT molecular complexity index is 726. The van der Waals surface area contributed by atoms with E-state index < -0.39 is 17.4 Å². The van der Waals surface area contributed by atoms with Gasteiger partial charge in [0, 0.05) is 18.2 Å². The molecule has 122 valence electrons. The molecular formula is C17H20FN3O2. The number of rotatable bonds is 3.